The fourth-order valence-electron chi connectivity index (χ4n) is 2.95. The minimum atomic E-state index is -3.73. The molecule has 1 unspecified atom stereocenters. The Balaban J connectivity index is 1.90. The van der Waals surface area contributed by atoms with Gasteiger partial charge < -0.3 is 10.1 Å². The van der Waals surface area contributed by atoms with Crippen molar-refractivity contribution in [2.75, 3.05) is 27.0 Å². The van der Waals surface area contributed by atoms with Crippen LogP contribution in [0.15, 0.2) is 52.3 Å². The van der Waals surface area contributed by atoms with Crippen LogP contribution in [0.1, 0.15) is 28.4 Å². The largest absolute Gasteiger partial charge is 0.495 e. The minimum Gasteiger partial charge on any atom is -0.495 e. The van der Waals surface area contributed by atoms with E-state index in [0.717, 1.165) is 22.0 Å². The highest BCUT2D eigenvalue weighted by Gasteiger charge is 2.26. The topological polar surface area (TPSA) is 75.7 Å². The summed E-state index contributed by atoms with van der Waals surface area (Å²) in [6.45, 7) is 0. The zero-order chi connectivity index (χ0) is 19.6. The zero-order valence-electron chi connectivity index (χ0n) is 15.4. The fraction of sp³-hybridized carbons (Fsp3) is 0.316. The average Bonchev–Trinajstić information content (AvgIpc) is 2.67. The molecular formula is C19H22N2O4S2. The minimum absolute atomic E-state index is 0.0257. The summed E-state index contributed by atoms with van der Waals surface area (Å²) < 4.78 is 31.4. The number of nitrogens with one attached hydrogen (secondary N) is 1. The molecule has 0 aromatic heterocycles. The Morgan fingerprint density at radius 3 is 2.67 bits per heavy atom. The molecule has 6 nitrogen and oxygen atoms in total. The molecular weight excluding hydrogens is 384 g/mol. The molecule has 1 amide bonds. The van der Waals surface area contributed by atoms with Crippen LogP contribution in [0.25, 0.3) is 0 Å². The quantitative estimate of drug-likeness (QED) is 0.826. The van der Waals surface area contributed by atoms with Gasteiger partial charge in [0.2, 0.25) is 10.0 Å². The molecule has 2 aromatic carbocycles. The van der Waals surface area contributed by atoms with Crippen molar-refractivity contribution in [2.24, 2.45) is 0 Å². The Morgan fingerprint density at radius 1 is 1.22 bits per heavy atom. The van der Waals surface area contributed by atoms with Gasteiger partial charge in [-0.05, 0) is 36.2 Å². The van der Waals surface area contributed by atoms with Crippen molar-refractivity contribution in [3.05, 3.63) is 53.6 Å². The first-order chi connectivity index (χ1) is 12.8. The maximum Gasteiger partial charge on any atom is 0.251 e. The lowest BCUT2D eigenvalue weighted by Gasteiger charge is -2.26. The standard InChI is InChI=1S/C19H22N2O4S2/c1-21(2)27(23,24)18-12-13(8-9-16(18)25-3)19(22)20-15-10-11-26-17-7-5-4-6-14(15)17/h4-9,12,15H,10-11H2,1-3H3,(H,20,22). The lowest BCUT2D eigenvalue weighted by atomic mass is 10.0. The number of carbonyl (C=O) groups is 1. The van der Waals surface area contributed by atoms with Crippen molar-refractivity contribution in [1.82, 2.24) is 9.62 Å². The van der Waals surface area contributed by atoms with Gasteiger partial charge in [0.1, 0.15) is 10.6 Å². The van der Waals surface area contributed by atoms with E-state index in [-0.39, 0.29) is 28.2 Å². The summed E-state index contributed by atoms with van der Waals surface area (Å²) in [6, 6.07) is 12.4. The Bertz CT molecular complexity index is 958. The van der Waals surface area contributed by atoms with Crippen LogP contribution in [0.2, 0.25) is 0 Å². The molecule has 0 radical (unpaired) electrons. The first-order valence-electron chi connectivity index (χ1n) is 8.47. The second-order valence-electron chi connectivity index (χ2n) is 6.35. The molecule has 0 spiro atoms. The first-order valence-corrected chi connectivity index (χ1v) is 10.9. The molecule has 1 atom stereocenters. The predicted octanol–water partition coefficient (Wildman–Crippen LogP) is 2.91. The lowest BCUT2D eigenvalue weighted by Crippen LogP contribution is -2.31. The number of sulfonamides is 1. The molecule has 0 bridgehead atoms. The van der Waals surface area contributed by atoms with Crippen LogP contribution in [0.4, 0.5) is 0 Å². The smallest absolute Gasteiger partial charge is 0.251 e. The van der Waals surface area contributed by atoms with Gasteiger partial charge in [-0.15, -0.1) is 11.8 Å². The Morgan fingerprint density at radius 2 is 1.96 bits per heavy atom. The summed E-state index contributed by atoms with van der Waals surface area (Å²) in [6.07, 6.45) is 0.826. The van der Waals surface area contributed by atoms with Gasteiger partial charge in [-0.25, -0.2) is 12.7 Å². The SMILES string of the molecule is COc1ccc(C(=O)NC2CCSc3ccccc32)cc1S(=O)(=O)N(C)C. The van der Waals surface area contributed by atoms with E-state index in [1.54, 1.807) is 17.8 Å². The maximum absolute atomic E-state index is 12.8. The molecule has 0 aliphatic carbocycles. The summed E-state index contributed by atoms with van der Waals surface area (Å²) in [5.74, 6) is 0.824. The molecule has 2 aromatic rings. The van der Waals surface area contributed by atoms with E-state index in [0.29, 0.717) is 0 Å². The van der Waals surface area contributed by atoms with Crippen molar-refractivity contribution in [3.63, 3.8) is 0 Å². The number of carbonyl (C=O) groups excluding carboxylic acids is 1. The molecule has 1 aliphatic heterocycles. The van der Waals surface area contributed by atoms with Crippen molar-refractivity contribution in [3.8, 4) is 5.75 Å². The van der Waals surface area contributed by atoms with Crippen LogP contribution >= 0.6 is 11.8 Å². The van der Waals surface area contributed by atoms with Gasteiger partial charge in [-0.2, -0.15) is 0 Å². The van der Waals surface area contributed by atoms with E-state index in [1.165, 1.54) is 38.2 Å². The van der Waals surface area contributed by atoms with Crippen LogP contribution in [-0.2, 0) is 10.0 Å². The maximum atomic E-state index is 12.8. The van der Waals surface area contributed by atoms with Crippen molar-refractivity contribution >= 4 is 27.7 Å². The van der Waals surface area contributed by atoms with E-state index in [4.69, 9.17) is 4.74 Å². The Kier molecular flexibility index (Phi) is 5.78. The van der Waals surface area contributed by atoms with Crippen LogP contribution in [0.5, 0.6) is 5.75 Å². The van der Waals surface area contributed by atoms with Gasteiger partial charge in [0.15, 0.2) is 0 Å². The Labute approximate surface area is 164 Å². The summed E-state index contributed by atoms with van der Waals surface area (Å²) in [5.41, 5.74) is 1.38. The predicted molar refractivity (Wildman–Crippen MR) is 106 cm³/mol. The summed E-state index contributed by atoms with van der Waals surface area (Å²) in [4.78, 5) is 13.9. The van der Waals surface area contributed by atoms with Crippen molar-refractivity contribution < 1.29 is 17.9 Å². The number of fused-ring (bicyclic) bond motifs is 1. The number of rotatable bonds is 5. The van der Waals surface area contributed by atoms with Gasteiger partial charge in [0, 0.05) is 30.3 Å². The van der Waals surface area contributed by atoms with E-state index >= 15 is 0 Å². The summed E-state index contributed by atoms with van der Waals surface area (Å²) in [7, 11) is 0.556. The molecule has 144 valence electrons. The molecule has 8 heteroatoms. The van der Waals surface area contributed by atoms with E-state index < -0.39 is 10.0 Å². The normalized spacial score (nSPS) is 16.7. The van der Waals surface area contributed by atoms with Crippen LogP contribution in [-0.4, -0.2) is 45.6 Å². The molecule has 1 aliphatic rings. The van der Waals surface area contributed by atoms with Crippen LogP contribution < -0.4 is 10.1 Å². The van der Waals surface area contributed by atoms with E-state index in [1.807, 2.05) is 24.3 Å². The highest BCUT2D eigenvalue weighted by atomic mass is 32.2. The van der Waals surface area contributed by atoms with Gasteiger partial charge >= 0.3 is 0 Å². The Hall–Kier alpha value is -2.03. The number of ether oxygens (including phenoxy) is 1. The lowest BCUT2D eigenvalue weighted by molar-refractivity contribution is 0.0934. The third-order valence-corrected chi connectivity index (χ3v) is 7.41. The molecule has 1 heterocycles. The summed E-state index contributed by atoms with van der Waals surface area (Å²) >= 11 is 1.78. The number of hydrogen-bond donors (Lipinski definition) is 1. The fourth-order valence-corrected chi connectivity index (χ4v) is 5.15. The van der Waals surface area contributed by atoms with E-state index in [9.17, 15) is 13.2 Å². The number of nitrogens with zero attached hydrogens (tertiary/aromatic N) is 1. The molecule has 0 saturated carbocycles. The van der Waals surface area contributed by atoms with E-state index in [2.05, 4.69) is 5.32 Å². The highest BCUT2D eigenvalue weighted by molar-refractivity contribution is 7.99. The zero-order valence-corrected chi connectivity index (χ0v) is 17.1. The first kappa shape index (κ1) is 19.7. The number of methoxy groups -OCH3 is 1. The average molecular weight is 407 g/mol. The second kappa shape index (κ2) is 7.92. The van der Waals surface area contributed by atoms with Gasteiger partial charge in [-0.1, -0.05) is 18.2 Å². The molecule has 27 heavy (non-hydrogen) atoms. The second-order valence-corrected chi connectivity index (χ2v) is 9.61. The van der Waals surface area contributed by atoms with Gasteiger partial charge in [0.25, 0.3) is 5.91 Å². The number of thioether (sulfide) groups is 1. The molecule has 0 saturated heterocycles. The third-order valence-electron chi connectivity index (χ3n) is 4.45. The van der Waals surface area contributed by atoms with Gasteiger partial charge in [-0.3, -0.25) is 4.79 Å². The van der Waals surface area contributed by atoms with Crippen LogP contribution in [0.3, 0.4) is 0 Å². The van der Waals surface area contributed by atoms with Crippen LogP contribution in [0, 0.1) is 0 Å². The highest BCUT2D eigenvalue weighted by Crippen LogP contribution is 2.36. The van der Waals surface area contributed by atoms with Crippen molar-refractivity contribution in [2.45, 2.75) is 22.3 Å². The summed E-state index contributed by atoms with van der Waals surface area (Å²) in [5, 5.41) is 3.04. The number of benzene rings is 2. The van der Waals surface area contributed by atoms with Gasteiger partial charge in [0.05, 0.1) is 13.2 Å². The molecule has 0 fully saturated rings. The molecule has 3 rings (SSSR count). The van der Waals surface area contributed by atoms with Crippen molar-refractivity contribution in [1.29, 1.82) is 0 Å². The number of hydrogen-bond acceptors (Lipinski definition) is 5. The monoisotopic (exact) mass is 406 g/mol. The third kappa shape index (κ3) is 3.97. The molecule has 1 N–H and O–H groups in total. The number of amides is 1.